The van der Waals surface area contributed by atoms with Gasteiger partial charge in [-0.1, -0.05) is 6.08 Å². The number of hydrogen-bond acceptors (Lipinski definition) is 7. The summed E-state index contributed by atoms with van der Waals surface area (Å²) < 4.78 is 0. The standard InChI is InChI=1S/C20H27N7O/c1-26(2)9-4-6-20(28)27-10-3-5-16(14-27)11-17-12-18(24-15-23-17)25-19-13-21-7-8-22-19/h4,6-8,12-13,15-16H,3,5,9-11,14H2,1-2H3,(H,22,23,24,25)/b6-4+/t16-/m1/s1. The predicted molar refractivity (Wildman–Crippen MR) is 108 cm³/mol. The van der Waals surface area contributed by atoms with Gasteiger partial charge >= 0.3 is 0 Å². The molecule has 1 N–H and O–H groups in total. The van der Waals surface area contributed by atoms with Crippen molar-refractivity contribution in [1.82, 2.24) is 29.7 Å². The van der Waals surface area contributed by atoms with E-state index in [1.807, 2.05) is 36.0 Å². The third-order valence-corrected chi connectivity index (χ3v) is 4.60. The van der Waals surface area contributed by atoms with E-state index in [1.165, 1.54) is 0 Å². The van der Waals surface area contributed by atoms with E-state index in [2.05, 4.69) is 25.3 Å². The quantitative estimate of drug-likeness (QED) is 0.733. The van der Waals surface area contributed by atoms with Gasteiger partial charge in [-0.15, -0.1) is 0 Å². The molecule has 3 heterocycles. The summed E-state index contributed by atoms with van der Waals surface area (Å²) in [6, 6.07) is 1.94. The van der Waals surface area contributed by atoms with Gasteiger partial charge in [0, 0.05) is 49.9 Å². The molecule has 2 aromatic rings. The van der Waals surface area contributed by atoms with Crippen LogP contribution >= 0.6 is 0 Å². The van der Waals surface area contributed by atoms with Crippen molar-refractivity contribution >= 4 is 17.5 Å². The Kier molecular flexibility index (Phi) is 7.02. The highest BCUT2D eigenvalue weighted by Crippen LogP contribution is 2.21. The van der Waals surface area contributed by atoms with Gasteiger partial charge in [-0.05, 0) is 39.3 Å². The molecule has 8 nitrogen and oxygen atoms in total. The molecule has 1 atom stereocenters. The fraction of sp³-hybridized carbons (Fsp3) is 0.450. The van der Waals surface area contributed by atoms with Crippen LogP contribution in [0.5, 0.6) is 0 Å². The summed E-state index contributed by atoms with van der Waals surface area (Å²) in [5, 5.41) is 3.14. The van der Waals surface area contributed by atoms with Crippen molar-refractivity contribution in [3.8, 4) is 0 Å². The van der Waals surface area contributed by atoms with Crippen LogP contribution in [0.25, 0.3) is 0 Å². The second-order valence-corrected chi connectivity index (χ2v) is 7.27. The zero-order valence-corrected chi connectivity index (χ0v) is 16.5. The molecule has 0 bridgehead atoms. The molecule has 0 aliphatic carbocycles. The topological polar surface area (TPSA) is 87.1 Å². The number of rotatable bonds is 7. The Morgan fingerprint density at radius 1 is 1.29 bits per heavy atom. The van der Waals surface area contributed by atoms with E-state index in [0.29, 0.717) is 17.6 Å². The Morgan fingerprint density at radius 2 is 2.18 bits per heavy atom. The van der Waals surface area contributed by atoms with Gasteiger partial charge in [0.15, 0.2) is 0 Å². The van der Waals surface area contributed by atoms with Crippen LogP contribution in [0.2, 0.25) is 0 Å². The molecule has 1 aliphatic rings. The lowest BCUT2D eigenvalue weighted by Crippen LogP contribution is -2.39. The molecular weight excluding hydrogens is 354 g/mol. The summed E-state index contributed by atoms with van der Waals surface area (Å²) >= 11 is 0. The first-order chi connectivity index (χ1) is 13.6. The number of likely N-dealkylation sites (N-methyl/N-ethyl adjacent to an activating group) is 1. The molecule has 2 aromatic heterocycles. The van der Waals surface area contributed by atoms with Gasteiger partial charge in [0.05, 0.1) is 6.20 Å². The number of nitrogens with zero attached hydrogens (tertiary/aromatic N) is 6. The van der Waals surface area contributed by atoms with Crippen molar-refractivity contribution in [2.75, 3.05) is 39.0 Å². The predicted octanol–water partition coefficient (Wildman–Crippen LogP) is 1.91. The number of likely N-dealkylation sites (tertiary alicyclic amines) is 1. The van der Waals surface area contributed by atoms with Crippen molar-refractivity contribution in [2.45, 2.75) is 19.3 Å². The van der Waals surface area contributed by atoms with Crippen molar-refractivity contribution in [3.05, 3.63) is 48.8 Å². The number of carbonyl (C=O) groups is 1. The lowest BCUT2D eigenvalue weighted by molar-refractivity contribution is -0.127. The maximum absolute atomic E-state index is 12.4. The zero-order chi connectivity index (χ0) is 19.8. The third-order valence-electron chi connectivity index (χ3n) is 4.60. The molecule has 28 heavy (non-hydrogen) atoms. The van der Waals surface area contributed by atoms with Gasteiger partial charge in [-0.3, -0.25) is 9.78 Å². The number of amides is 1. The molecule has 148 valence electrons. The normalized spacial score (nSPS) is 17.2. The highest BCUT2D eigenvalue weighted by atomic mass is 16.2. The summed E-state index contributed by atoms with van der Waals surface area (Å²) in [5.74, 6) is 1.84. The fourth-order valence-electron chi connectivity index (χ4n) is 3.27. The Morgan fingerprint density at radius 3 is 2.96 bits per heavy atom. The van der Waals surface area contributed by atoms with E-state index in [1.54, 1.807) is 31.0 Å². The monoisotopic (exact) mass is 381 g/mol. The first kappa shape index (κ1) is 19.9. The van der Waals surface area contributed by atoms with E-state index in [0.717, 1.165) is 44.6 Å². The van der Waals surface area contributed by atoms with Crippen molar-refractivity contribution < 1.29 is 4.79 Å². The first-order valence-electron chi connectivity index (χ1n) is 9.54. The van der Waals surface area contributed by atoms with Gasteiger partial charge in [-0.2, -0.15) is 0 Å². The smallest absolute Gasteiger partial charge is 0.246 e. The largest absolute Gasteiger partial charge is 0.339 e. The van der Waals surface area contributed by atoms with Crippen LogP contribution in [0.3, 0.4) is 0 Å². The average molecular weight is 381 g/mol. The van der Waals surface area contributed by atoms with Crippen molar-refractivity contribution in [3.63, 3.8) is 0 Å². The second-order valence-electron chi connectivity index (χ2n) is 7.27. The number of hydrogen-bond donors (Lipinski definition) is 1. The minimum Gasteiger partial charge on any atom is -0.339 e. The van der Waals surface area contributed by atoms with E-state index in [9.17, 15) is 4.79 Å². The molecule has 1 aliphatic heterocycles. The molecule has 0 radical (unpaired) electrons. The second kappa shape index (κ2) is 9.89. The molecule has 1 amide bonds. The molecule has 1 fully saturated rings. The molecule has 8 heteroatoms. The minimum atomic E-state index is 0.0965. The zero-order valence-electron chi connectivity index (χ0n) is 16.5. The van der Waals surface area contributed by atoms with E-state index in [-0.39, 0.29) is 5.91 Å². The Bertz CT molecular complexity index is 794. The van der Waals surface area contributed by atoms with Crippen LogP contribution in [0.1, 0.15) is 18.5 Å². The summed E-state index contributed by atoms with van der Waals surface area (Å²) in [5.41, 5.74) is 0.962. The van der Waals surface area contributed by atoms with Gasteiger partial charge < -0.3 is 15.1 Å². The van der Waals surface area contributed by atoms with Crippen LogP contribution in [-0.4, -0.2) is 69.4 Å². The molecular formula is C20H27N7O. The number of piperidine rings is 1. The lowest BCUT2D eigenvalue weighted by atomic mass is 9.93. The highest BCUT2D eigenvalue weighted by Gasteiger charge is 2.23. The molecule has 0 spiro atoms. The Labute approximate surface area is 165 Å². The van der Waals surface area contributed by atoms with Gasteiger partial charge in [-0.25, -0.2) is 15.0 Å². The molecule has 0 unspecified atom stereocenters. The lowest BCUT2D eigenvalue weighted by Gasteiger charge is -2.32. The third kappa shape index (κ3) is 6.09. The van der Waals surface area contributed by atoms with Gasteiger partial charge in [0.2, 0.25) is 5.91 Å². The van der Waals surface area contributed by atoms with Crippen LogP contribution in [-0.2, 0) is 11.2 Å². The van der Waals surface area contributed by atoms with E-state index < -0.39 is 0 Å². The maximum atomic E-state index is 12.4. The Balaban J connectivity index is 1.57. The Hall–Kier alpha value is -2.87. The number of anilines is 2. The summed E-state index contributed by atoms with van der Waals surface area (Å²) in [7, 11) is 3.97. The SMILES string of the molecule is CN(C)C/C=C/C(=O)N1CCC[C@H](Cc2cc(Nc3cnccn3)ncn2)C1. The van der Waals surface area contributed by atoms with Crippen molar-refractivity contribution in [2.24, 2.45) is 5.92 Å². The summed E-state index contributed by atoms with van der Waals surface area (Å²) in [6.45, 7) is 2.36. The maximum Gasteiger partial charge on any atom is 0.246 e. The highest BCUT2D eigenvalue weighted by molar-refractivity contribution is 5.87. The number of aromatic nitrogens is 4. The fourth-order valence-corrected chi connectivity index (χ4v) is 3.27. The first-order valence-corrected chi connectivity index (χ1v) is 9.54. The number of carbonyl (C=O) groups excluding carboxylic acids is 1. The number of nitrogens with one attached hydrogen (secondary N) is 1. The molecule has 0 saturated carbocycles. The van der Waals surface area contributed by atoms with Gasteiger partial charge in [0.1, 0.15) is 18.0 Å². The van der Waals surface area contributed by atoms with E-state index in [4.69, 9.17) is 0 Å². The average Bonchev–Trinajstić information content (AvgIpc) is 2.69. The van der Waals surface area contributed by atoms with Crippen LogP contribution in [0.4, 0.5) is 11.6 Å². The molecule has 3 rings (SSSR count). The summed E-state index contributed by atoms with van der Waals surface area (Å²) in [4.78, 5) is 33.3. The van der Waals surface area contributed by atoms with Gasteiger partial charge in [0.25, 0.3) is 0 Å². The van der Waals surface area contributed by atoms with Crippen LogP contribution in [0.15, 0.2) is 43.1 Å². The van der Waals surface area contributed by atoms with Crippen LogP contribution < -0.4 is 5.32 Å². The van der Waals surface area contributed by atoms with Crippen molar-refractivity contribution in [1.29, 1.82) is 0 Å². The minimum absolute atomic E-state index is 0.0965. The molecule has 0 aromatic carbocycles. The van der Waals surface area contributed by atoms with E-state index >= 15 is 0 Å². The summed E-state index contributed by atoms with van der Waals surface area (Å²) in [6.07, 6.45) is 13.0. The van der Waals surface area contributed by atoms with Crippen LogP contribution in [0, 0.1) is 5.92 Å². The molecule has 1 saturated heterocycles.